The van der Waals surface area contributed by atoms with Crippen molar-refractivity contribution in [3.8, 4) is 0 Å². The first kappa shape index (κ1) is 13.8. The van der Waals surface area contributed by atoms with Crippen LogP contribution in [0.15, 0.2) is 18.2 Å². The lowest BCUT2D eigenvalue weighted by molar-refractivity contribution is 0.118. The molecule has 2 rings (SSSR count). The van der Waals surface area contributed by atoms with E-state index >= 15 is 0 Å². The molecule has 1 aliphatic rings. The minimum absolute atomic E-state index is 0.0815. The van der Waals surface area contributed by atoms with Gasteiger partial charge >= 0.3 is 6.03 Å². The summed E-state index contributed by atoms with van der Waals surface area (Å²) in [6, 6.07) is 4.17. The maximum Gasteiger partial charge on any atom is 0.319 e. The van der Waals surface area contributed by atoms with E-state index in [0.29, 0.717) is 18.5 Å². The van der Waals surface area contributed by atoms with E-state index in [2.05, 4.69) is 10.6 Å². The van der Waals surface area contributed by atoms with Crippen LogP contribution >= 0.6 is 0 Å². The fourth-order valence-electron chi connectivity index (χ4n) is 2.38. The van der Waals surface area contributed by atoms with Crippen LogP contribution in [0.4, 0.5) is 14.9 Å². The van der Waals surface area contributed by atoms with E-state index in [-0.39, 0.29) is 24.0 Å². The first-order chi connectivity index (χ1) is 9.02. The number of aliphatic hydroxyl groups is 1. The third-order valence-corrected chi connectivity index (χ3v) is 3.33. The third kappa shape index (κ3) is 4.21. The van der Waals surface area contributed by atoms with Crippen LogP contribution in [0.25, 0.3) is 0 Å². The van der Waals surface area contributed by atoms with Crippen molar-refractivity contribution in [3.63, 3.8) is 0 Å². The van der Waals surface area contributed by atoms with Gasteiger partial charge in [-0.05, 0) is 56.4 Å². The molecule has 1 aliphatic carbocycles. The van der Waals surface area contributed by atoms with Gasteiger partial charge in [-0.15, -0.1) is 0 Å². The predicted molar refractivity (Wildman–Crippen MR) is 71.6 cm³/mol. The number of aliphatic hydroxyl groups excluding tert-OH is 1. The van der Waals surface area contributed by atoms with Crippen LogP contribution in [0.1, 0.15) is 31.2 Å². The Bertz CT molecular complexity index is 437. The Labute approximate surface area is 112 Å². The highest BCUT2D eigenvalue weighted by Crippen LogP contribution is 2.18. The van der Waals surface area contributed by atoms with E-state index in [9.17, 15) is 14.3 Å². The number of halogens is 1. The topological polar surface area (TPSA) is 61.4 Å². The summed E-state index contributed by atoms with van der Waals surface area (Å²) in [5.41, 5.74) is 1.21. The monoisotopic (exact) mass is 266 g/mol. The smallest absolute Gasteiger partial charge is 0.319 e. The van der Waals surface area contributed by atoms with Gasteiger partial charge in [0.1, 0.15) is 5.82 Å². The number of benzene rings is 1. The van der Waals surface area contributed by atoms with Gasteiger partial charge < -0.3 is 15.7 Å². The van der Waals surface area contributed by atoms with Crippen molar-refractivity contribution in [3.05, 3.63) is 29.6 Å². The summed E-state index contributed by atoms with van der Waals surface area (Å²) in [5, 5.41) is 14.9. The van der Waals surface area contributed by atoms with Crippen LogP contribution in [-0.4, -0.2) is 23.3 Å². The number of carbonyl (C=O) groups is 1. The first-order valence-corrected chi connectivity index (χ1v) is 6.56. The summed E-state index contributed by atoms with van der Waals surface area (Å²) in [7, 11) is 0. The average molecular weight is 266 g/mol. The van der Waals surface area contributed by atoms with Gasteiger partial charge in [0.2, 0.25) is 0 Å². The van der Waals surface area contributed by atoms with Gasteiger partial charge in [-0.25, -0.2) is 9.18 Å². The fourth-order valence-corrected chi connectivity index (χ4v) is 2.38. The maximum atomic E-state index is 13.2. The van der Waals surface area contributed by atoms with E-state index in [1.165, 1.54) is 12.1 Å². The molecule has 0 heterocycles. The van der Waals surface area contributed by atoms with Gasteiger partial charge in [-0.2, -0.15) is 0 Å². The molecule has 1 saturated carbocycles. The summed E-state index contributed by atoms with van der Waals surface area (Å²) in [5.74, 6) is -0.365. The van der Waals surface area contributed by atoms with Crippen molar-refractivity contribution in [2.75, 3.05) is 5.32 Å². The zero-order chi connectivity index (χ0) is 13.8. The largest absolute Gasteiger partial charge is 0.393 e. The highest BCUT2D eigenvalue weighted by atomic mass is 19.1. The molecule has 0 saturated heterocycles. The Kier molecular flexibility index (Phi) is 4.37. The minimum Gasteiger partial charge on any atom is -0.393 e. The van der Waals surface area contributed by atoms with Crippen LogP contribution in [0.5, 0.6) is 0 Å². The molecule has 5 heteroatoms. The number of urea groups is 1. The molecule has 0 aliphatic heterocycles. The van der Waals surface area contributed by atoms with Crippen LogP contribution in [0, 0.1) is 12.7 Å². The van der Waals surface area contributed by atoms with Crippen molar-refractivity contribution in [2.45, 2.75) is 44.8 Å². The molecule has 0 aromatic heterocycles. The zero-order valence-corrected chi connectivity index (χ0v) is 10.9. The number of hydrogen-bond acceptors (Lipinski definition) is 2. The van der Waals surface area contributed by atoms with Gasteiger partial charge in [0, 0.05) is 11.7 Å². The molecule has 0 spiro atoms. The average Bonchev–Trinajstić information content (AvgIpc) is 2.30. The molecular formula is C14H19FN2O2. The van der Waals surface area contributed by atoms with Gasteiger partial charge in [0.15, 0.2) is 0 Å². The number of rotatable bonds is 2. The van der Waals surface area contributed by atoms with Crippen LogP contribution < -0.4 is 10.6 Å². The molecule has 1 aromatic rings. The molecule has 19 heavy (non-hydrogen) atoms. The lowest BCUT2D eigenvalue weighted by atomic mass is 9.93. The predicted octanol–water partition coefficient (Wildman–Crippen LogP) is 2.56. The summed E-state index contributed by atoms with van der Waals surface area (Å²) in [6.45, 7) is 1.77. The second kappa shape index (κ2) is 6.02. The molecule has 104 valence electrons. The molecule has 2 amide bonds. The van der Waals surface area contributed by atoms with Gasteiger partial charge in [0.25, 0.3) is 0 Å². The first-order valence-electron chi connectivity index (χ1n) is 6.56. The molecule has 4 nitrogen and oxygen atoms in total. The van der Waals surface area contributed by atoms with Crippen molar-refractivity contribution < 1.29 is 14.3 Å². The van der Waals surface area contributed by atoms with Crippen molar-refractivity contribution >= 4 is 11.7 Å². The maximum absolute atomic E-state index is 13.2. The number of aryl methyl sites for hydroxylation is 1. The summed E-state index contributed by atoms with van der Waals surface area (Å²) < 4.78 is 13.2. The zero-order valence-electron chi connectivity index (χ0n) is 10.9. The Morgan fingerprint density at radius 1 is 1.26 bits per heavy atom. The van der Waals surface area contributed by atoms with E-state index in [1.54, 1.807) is 13.0 Å². The highest BCUT2D eigenvalue weighted by molar-refractivity contribution is 5.89. The molecule has 3 N–H and O–H groups in total. The van der Waals surface area contributed by atoms with E-state index in [4.69, 9.17) is 0 Å². The van der Waals surface area contributed by atoms with Gasteiger partial charge in [0.05, 0.1) is 6.10 Å². The quantitative estimate of drug-likeness (QED) is 0.770. The van der Waals surface area contributed by atoms with Crippen LogP contribution in [0.2, 0.25) is 0 Å². The lowest BCUT2D eigenvalue weighted by Crippen LogP contribution is -2.40. The van der Waals surface area contributed by atoms with E-state index < -0.39 is 0 Å². The molecule has 0 radical (unpaired) electrons. The Morgan fingerprint density at radius 3 is 2.58 bits per heavy atom. The Hall–Kier alpha value is -1.62. The van der Waals surface area contributed by atoms with Crippen LogP contribution in [-0.2, 0) is 0 Å². The number of nitrogens with one attached hydrogen (secondary N) is 2. The standard InChI is InChI=1S/C14H19FN2O2/c1-9-6-10(15)8-12(7-9)17-14(19)16-11-2-4-13(18)5-3-11/h6-8,11,13,18H,2-5H2,1H3,(H2,16,17,19). The van der Waals surface area contributed by atoms with E-state index in [1.807, 2.05) is 0 Å². The minimum atomic E-state index is -0.365. The molecule has 1 fully saturated rings. The van der Waals surface area contributed by atoms with Crippen LogP contribution in [0.3, 0.4) is 0 Å². The fraction of sp³-hybridized carbons (Fsp3) is 0.500. The van der Waals surface area contributed by atoms with Crippen molar-refractivity contribution in [1.82, 2.24) is 5.32 Å². The Balaban J connectivity index is 1.87. The highest BCUT2D eigenvalue weighted by Gasteiger charge is 2.20. The van der Waals surface area contributed by atoms with Crippen molar-refractivity contribution in [1.29, 1.82) is 0 Å². The third-order valence-electron chi connectivity index (χ3n) is 3.33. The molecule has 1 aromatic carbocycles. The van der Waals surface area contributed by atoms with Gasteiger partial charge in [-0.3, -0.25) is 0 Å². The lowest BCUT2D eigenvalue weighted by Gasteiger charge is -2.26. The summed E-state index contributed by atoms with van der Waals surface area (Å²) in [6.07, 6.45) is 2.73. The molecule has 0 unspecified atom stereocenters. The van der Waals surface area contributed by atoms with E-state index in [0.717, 1.165) is 18.4 Å². The second-order valence-electron chi connectivity index (χ2n) is 5.12. The second-order valence-corrected chi connectivity index (χ2v) is 5.12. The molecular weight excluding hydrogens is 247 g/mol. The van der Waals surface area contributed by atoms with Crippen molar-refractivity contribution in [2.24, 2.45) is 0 Å². The summed E-state index contributed by atoms with van der Waals surface area (Å²) >= 11 is 0. The number of anilines is 1. The normalized spacial score (nSPS) is 22.9. The SMILES string of the molecule is Cc1cc(F)cc(NC(=O)NC2CCC(O)CC2)c1. The Morgan fingerprint density at radius 2 is 1.95 bits per heavy atom. The molecule has 0 atom stereocenters. The number of amides is 2. The molecule has 0 bridgehead atoms. The summed E-state index contributed by atoms with van der Waals surface area (Å²) in [4.78, 5) is 11.8. The number of hydrogen-bond donors (Lipinski definition) is 3. The number of carbonyl (C=O) groups excluding carboxylic acids is 1. The van der Waals surface area contributed by atoms with Gasteiger partial charge in [-0.1, -0.05) is 0 Å².